The highest BCUT2D eigenvalue weighted by Gasteiger charge is 2.19. The molecule has 3 aromatic heterocycles. The van der Waals surface area contributed by atoms with Gasteiger partial charge in [-0.3, -0.25) is 9.59 Å². The summed E-state index contributed by atoms with van der Waals surface area (Å²) in [6, 6.07) is 4.82. The van der Waals surface area contributed by atoms with Crippen LogP contribution in [0.1, 0.15) is 27.0 Å². The van der Waals surface area contributed by atoms with E-state index in [2.05, 4.69) is 15.7 Å². The fourth-order valence-corrected chi connectivity index (χ4v) is 3.55. The highest BCUT2D eigenvalue weighted by Crippen LogP contribution is 2.22. The van der Waals surface area contributed by atoms with Gasteiger partial charge in [-0.2, -0.15) is 11.3 Å². The maximum atomic E-state index is 12.5. The van der Waals surface area contributed by atoms with Crippen LogP contribution < -0.4 is 10.9 Å². The van der Waals surface area contributed by atoms with Gasteiger partial charge < -0.3 is 9.88 Å². The van der Waals surface area contributed by atoms with Gasteiger partial charge in [0.05, 0.1) is 6.04 Å². The third kappa shape index (κ3) is 3.75. The van der Waals surface area contributed by atoms with Gasteiger partial charge in [0, 0.05) is 42.9 Å². The van der Waals surface area contributed by atoms with Crippen LogP contribution in [0.5, 0.6) is 0 Å². The van der Waals surface area contributed by atoms with Crippen molar-refractivity contribution in [3.63, 3.8) is 0 Å². The zero-order chi connectivity index (χ0) is 16.2. The van der Waals surface area contributed by atoms with Gasteiger partial charge >= 0.3 is 0 Å². The Morgan fingerprint density at radius 1 is 1.39 bits per heavy atom. The van der Waals surface area contributed by atoms with Crippen molar-refractivity contribution in [2.75, 3.05) is 0 Å². The Balaban J connectivity index is 1.81. The molecule has 1 atom stereocenters. The number of thiazole rings is 1. The van der Waals surface area contributed by atoms with Crippen molar-refractivity contribution >= 4 is 28.6 Å². The van der Waals surface area contributed by atoms with Crippen molar-refractivity contribution in [1.29, 1.82) is 0 Å². The van der Waals surface area contributed by atoms with E-state index in [0.717, 1.165) is 10.6 Å². The van der Waals surface area contributed by atoms with Crippen LogP contribution in [-0.2, 0) is 13.5 Å². The number of pyridine rings is 1. The van der Waals surface area contributed by atoms with Crippen molar-refractivity contribution < 1.29 is 4.79 Å². The molecule has 0 fully saturated rings. The zero-order valence-corrected chi connectivity index (χ0v) is 14.1. The largest absolute Gasteiger partial charge is 0.342 e. The Kier molecular flexibility index (Phi) is 4.68. The van der Waals surface area contributed by atoms with E-state index < -0.39 is 0 Å². The van der Waals surface area contributed by atoms with Crippen molar-refractivity contribution in [2.45, 2.75) is 12.5 Å². The second-order valence-corrected chi connectivity index (χ2v) is 6.80. The van der Waals surface area contributed by atoms with Crippen LogP contribution in [0, 0.1) is 0 Å². The number of aromatic nitrogens is 2. The second-order valence-electron chi connectivity index (χ2n) is 5.10. The van der Waals surface area contributed by atoms with Gasteiger partial charge in [-0.05, 0) is 28.5 Å². The molecule has 5 nitrogen and oxygen atoms in total. The molecule has 0 unspecified atom stereocenters. The molecule has 1 amide bonds. The third-order valence-corrected chi connectivity index (χ3v) is 5.06. The van der Waals surface area contributed by atoms with Crippen LogP contribution in [0.25, 0.3) is 0 Å². The lowest BCUT2D eigenvalue weighted by Crippen LogP contribution is -2.31. The first kappa shape index (κ1) is 15.6. The number of carbonyl (C=O) groups excluding carboxylic acids is 1. The average molecular weight is 345 g/mol. The standard InChI is InChI=1S/C16H15N3O2S2/c1-19-5-2-12(9-14(19)20)15(21)18-13(16-17-4-7-23-16)8-11-3-6-22-10-11/h2-7,9-10,13H,8H2,1H3,(H,18,21)/t13-/m1/s1. The predicted molar refractivity (Wildman–Crippen MR) is 92.0 cm³/mol. The summed E-state index contributed by atoms with van der Waals surface area (Å²) < 4.78 is 1.43. The molecule has 3 heterocycles. The number of carbonyl (C=O) groups is 1. The molecule has 3 rings (SSSR count). The van der Waals surface area contributed by atoms with Gasteiger partial charge in [0.2, 0.25) is 0 Å². The predicted octanol–water partition coefficient (Wildman–Crippen LogP) is 2.62. The van der Waals surface area contributed by atoms with E-state index in [1.54, 1.807) is 36.8 Å². The molecule has 0 saturated carbocycles. The summed E-state index contributed by atoms with van der Waals surface area (Å²) in [7, 11) is 1.65. The van der Waals surface area contributed by atoms with E-state index in [9.17, 15) is 9.59 Å². The molecule has 0 radical (unpaired) electrons. The molecule has 1 N–H and O–H groups in total. The molecule has 118 valence electrons. The average Bonchev–Trinajstić information content (AvgIpc) is 3.22. The molecule has 0 bridgehead atoms. The van der Waals surface area contributed by atoms with Crippen molar-refractivity contribution in [1.82, 2.24) is 14.9 Å². The highest BCUT2D eigenvalue weighted by atomic mass is 32.1. The summed E-state index contributed by atoms with van der Waals surface area (Å²) in [5.74, 6) is -0.266. The van der Waals surface area contributed by atoms with E-state index in [0.29, 0.717) is 12.0 Å². The van der Waals surface area contributed by atoms with E-state index in [1.807, 2.05) is 16.8 Å². The smallest absolute Gasteiger partial charge is 0.252 e. The summed E-state index contributed by atoms with van der Waals surface area (Å²) >= 11 is 3.13. The first-order valence-corrected chi connectivity index (χ1v) is 8.84. The van der Waals surface area contributed by atoms with Gasteiger partial charge in [0.1, 0.15) is 5.01 Å². The lowest BCUT2D eigenvalue weighted by molar-refractivity contribution is 0.0936. The third-order valence-electron chi connectivity index (χ3n) is 3.44. The summed E-state index contributed by atoms with van der Waals surface area (Å²) in [6.45, 7) is 0. The Bertz CT molecular complexity index is 839. The zero-order valence-electron chi connectivity index (χ0n) is 12.4. The van der Waals surface area contributed by atoms with Crippen molar-refractivity contribution in [2.24, 2.45) is 7.05 Å². The minimum absolute atomic E-state index is 0.207. The first-order chi connectivity index (χ1) is 11.1. The number of aryl methyl sites for hydroxylation is 1. The molecule has 0 aromatic carbocycles. The maximum absolute atomic E-state index is 12.5. The minimum atomic E-state index is -0.266. The van der Waals surface area contributed by atoms with Crippen LogP contribution in [0.15, 0.2) is 51.5 Å². The molecule has 23 heavy (non-hydrogen) atoms. The normalized spacial score (nSPS) is 12.0. The monoisotopic (exact) mass is 345 g/mol. The molecular formula is C16H15N3O2S2. The summed E-state index contributed by atoms with van der Waals surface area (Å²) in [5.41, 5.74) is 1.31. The van der Waals surface area contributed by atoms with Crippen LogP contribution in [0.2, 0.25) is 0 Å². The molecule has 7 heteroatoms. The van der Waals surface area contributed by atoms with E-state index >= 15 is 0 Å². The lowest BCUT2D eigenvalue weighted by atomic mass is 10.1. The van der Waals surface area contributed by atoms with Crippen LogP contribution in [0.4, 0.5) is 0 Å². The van der Waals surface area contributed by atoms with Crippen LogP contribution in [-0.4, -0.2) is 15.5 Å². The van der Waals surface area contributed by atoms with Crippen molar-refractivity contribution in [3.8, 4) is 0 Å². The summed E-state index contributed by atoms with van der Waals surface area (Å²) in [6.07, 6.45) is 3.99. The minimum Gasteiger partial charge on any atom is -0.342 e. The van der Waals surface area contributed by atoms with Gasteiger partial charge in [-0.15, -0.1) is 11.3 Å². The fraction of sp³-hybridized carbons (Fsp3) is 0.188. The van der Waals surface area contributed by atoms with Crippen LogP contribution in [0.3, 0.4) is 0 Å². The molecule has 0 saturated heterocycles. The Labute approximate surface area is 141 Å². The lowest BCUT2D eigenvalue weighted by Gasteiger charge is -2.16. The Morgan fingerprint density at radius 2 is 2.26 bits per heavy atom. The maximum Gasteiger partial charge on any atom is 0.252 e. The SMILES string of the molecule is Cn1ccc(C(=O)N[C@H](Cc2ccsc2)c2nccs2)cc1=O. The molecule has 0 aliphatic heterocycles. The quantitative estimate of drug-likeness (QED) is 0.773. The second kappa shape index (κ2) is 6.89. The molecule has 0 aliphatic rings. The number of thiophene rings is 1. The van der Waals surface area contributed by atoms with Crippen molar-refractivity contribution in [3.05, 3.63) is 73.2 Å². The summed E-state index contributed by atoms with van der Waals surface area (Å²) in [4.78, 5) is 28.5. The van der Waals surface area contributed by atoms with Crippen LogP contribution >= 0.6 is 22.7 Å². The number of amides is 1. The summed E-state index contributed by atoms with van der Waals surface area (Å²) in [5, 5.41) is 9.80. The molecule has 3 aromatic rings. The molecule has 0 aliphatic carbocycles. The van der Waals surface area contributed by atoms with Gasteiger partial charge in [0.15, 0.2) is 0 Å². The van der Waals surface area contributed by atoms with Gasteiger partial charge in [-0.1, -0.05) is 0 Å². The fourth-order valence-electron chi connectivity index (χ4n) is 2.18. The Morgan fingerprint density at radius 3 is 2.91 bits per heavy atom. The van der Waals surface area contributed by atoms with E-state index in [4.69, 9.17) is 0 Å². The number of nitrogens with one attached hydrogen (secondary N) is 1. The Hall–Kier alpha value is -2.25. The number of nitrogens with zero attached hydrogens (tertiary/aromatic N) is 2. The molecule has 0 spiro atoms. The first-order valence-electron chi connectivity index (χ1n) is 7.01. The van der Waals surface area contributed by atoms with Gasteiger partial charge in [0.25, 0.3) is 11.5 Å². The van der Waals surface area contributed by atoms with Gasteiger partial charge in [-0.25, -0.2) is 4.98 Å². The molecular weight excluding hydrogens is 330 g/mol. The number of rotatable bonds is 5. The highest BCUT2D eigenvalue weighted by molar-refractivity contribution is 7.09. The topological polar surface area (TPSA) is 64.0 Å². The number of hydrogen-bond donors (Lipinski definition) is 1. The van der Waals surface area contributed by atoms with E-state index in [-0.39, 0.29) is 17.5 Å². The number of hydrogen-bond acceptors (Lipinski definition) is 5. The van der Waals surface area contributed by atoms with E-state index in [1.165, 1.54) is 22.0 Å².